The van der Waals surface area contributed by atoms with Gasteiger partial charge in [-0.05, 0) is 57.9 Å². The van der Waals surface area contributed by atoms with Gasteiger partial charge in [0.2, 0.25) is 5.91 Å². The number of benzene rings is 1. The van der Waals surface area contributed by atoms with Gasteiger partial charge in [-0.2, -0.15) is 0 Å². The van der Waals surface area contributed by atoms with E-state index in [0.29, 0.717) is 19.1 Å². The van der Waals surface area contributed by atoms with Gasteiger partial charge in [-0.15, -0.1) is 0 Å². The van der Waals surface area contributed by atoms with E-state index in [1.54, 1.807) is 4.90 Å². The zero-order valence-corrected chi connectivity index (χ0v) is 14.9. The summed E-state index contributed by atoms with van der Waals surface area (Å²) in [4.78, 5) is 24.8. The highest BCUT2D eigenvalue weighted by molar-refractivity contribution is 5.88. The molecule has 0 atom stereocenters. The van der Waals surface area contributed by atoms with Gasteiger partial charge in [0.05, 0.1) is 0 Å². The van der Waals surface area contributed by atoms with Crippen LogP contribution in [0.3, 0.4) is 0 Å². The number of nitrogens with one attached hydrogen (secondary N) is 2. The Bertz CT molecular complexity index is 570. The third-order valence-electron chi connectivity index (χ3n) is 3.72. The number of carbonyl (C=O) groups excluding carboxylic acids is 2. The van der Waals surface area contributed by atoms with Gasteiger partial charge in [-0.3, -0.25) is 4.79 Å². The van der Waals surface area contributed by atoms with E-state index in [1.807, 2.05) is 45.0 Å². The molecule has 0 aromatic heterocycles. The van der Waals surface area contributed by atoms with Gasteiger partial charge in [0, 0.05) is 37.4 Å². The van der Waals surface area contributed by atoms with Crippen LogP contribution in [-0.2, 0) is 9.53 Å². The molecule has 1 aliphatic heterocycles. The molecule has 1 aliphatic rings. The molecule has 1 fully saturated rings. The summed E-state index contributed by atoms with van der Waals surface area (Å²) in [5.74, 6) is -0.0785. The summed E-state index contributed by atoms with van der Waals surface area (Å²) in [5.41, 5.74) is 1.34. The van der Waals surface area contributed by atoms with Crippen LogP contribution < -0.4 is 10.6 Å². The van der Waals surface area contributed by atoms with Gasteiger partial charge in [0.1, 0.15) is 5.60 Å². The minimum absolute atomic E-state index is 0.0785. The fourth-order valence-electron chi connectivity index (χ4n) is 2.62. The van der Waals surface area contributed by atoms with E-state index in [4.69, 9.17) is 4.74 Å². The van der Waals surface area contributed by atoms with Crippen LogP contribution in [0.2, 0.25) is 0 Å². The summed E-state index contributed by atoms with van der Waals surface area (Å²) in [6.45, 7) is 8.51. The summed E-state index contributed by atoms with van der Waals surface area (Å²) < 4.78 is 5.41. The molecular weight excluding hydrogens is 306 g/mol. The third kappa shape index (κ3) is 5.76. The monoisotopic (exact) mass is 333 g/mol. The van der Waals surface area contributed by atoms with Crippen molar-refractivity contribution < 1.29 is 14.3 Å². The van der Waals surface area contributed by atoms with Crippen molar-refractivity contribution in [1.82, 2.24) is 4.90 Å². The Morgan fingerprint density at radius 1 is 1.08 bits per heavy atom. The number of amides is 2. The van der Waals surface area contributed by atoms with Crippen LogP contribution in [0.15, 0.2) is 24.3 Å². The number of nitrogens with zero attached hydrogens (tertiary/aromatic N) is 1. The van der Waals surface area contributed by atoms with Gasteiger partial charge in [-0.25, -0.2) is 4.79 Å². The van der Waals surface area contributed by atoms with Crippen LogP contribution in [0.25, 0.3) is 0 Å². The number of ether oxygens (including phenoxy) is 1. The first kappa shape index (κ1) is 18.1. The second-order valence-corrected chi connectivity index (χ2v) is 7.14. The van der Waals surface area contributed by atoms with Gasteiger partial charge in [-0.1, -0.05) is 0 Å². The molecule has 0 spiro atoms. The first-order valence-corrected chi connectivity index (χ1v) is 8.35. The van der Waals surface area contributed by atoms with Crippen molar-refractivity contribution in [1.29, 1.82) is 0 Å². The zero-order valence-electron chi connectivity index (χ0n) is 14.9. The van der Waals surface area contributed by atoms with Crippen molar-refractivity contribution in [2.75, 3.05) is 23.7 Å². The second kappa shape index (κ2) is 7.55. The predicted molar refractivity (Wildman–Crippen MR) is 95.2 cm³/mol. The summed E-state index contributed by atoms with van der Waals surface area (Å²) in [7, 11) is 0. The van der Waals surface area contributed by atoms with Crippen molar-refractivity contribution in [2.45, 2.75) is 52.2 Å². The SMILES string of the molecule is CC(=O)Nc1ccc(NC2CCN(C(=O)OC(C)(C)C)CC2)cc1. The summed E-state index contributed by atoms with van der Waals surface area (Å²) >= 11 is 0. The molecule has 1 aromatic carbocycles. The van der Waals surface area contributed by atoms with Crippen molar-refractivity contribution in [3.8, 4) is 0 Å². The fourth-order valence-corrected chi connectivity index (χ4v) is 2.62. The molecule has 2 rings (SSSR count). The van der Waals surface area contributed by atoms with Gasteiger partial charge in [0.25, 0.3) is 0 Å². The number of anilines is 2. The number of hydrogen-bond donors (Lipinski definition) is 2. The Labute approximate surface area is 143 Å². The van der Waals surface area contributed by atoms with Crippen molar-refractivity contribution in [3.63, 3.8) is 0 Å². The highest BCUT2D eigenvalue weighted by Crippen LogP contribution is 2.20. The largest absolute Gasteiger partial charge is 0.444 e. The average Bonchev–Trinajstić information content (AvgIpc) is 2.48. The minimum atomic E-state index is -0.457. The third-order valence-corrected chi connectivity index (χ3v) is 3.72. The molecule has 6 heteroatoms. The molecule has 0 saturated carbocycles. The van der Waals surface area contributed by atoms with Crippen LogP contribution in [0, 0.1) is 0 Å². The molecule has 1 aromatic rings. The van der Waals surface area contributed by atoms with Crippen LogP contribution in [0.4, 0.5) is 16.2 Å². The standard InChI is InChI=1S/C18H27N3O3/c1-13(22)19-14-5-7-15(8-6-14)20-16-9-11-21(12-10-16)17(23)24-18(2,3)4/h5-8,16,20H,9-12H2,1-4H3,(H,19,22). The van der Waals surface area contributed by atoms with Gasteiger partial charge in [0.15, 0.2) is 0 Å². The van der Waals surface area contributed by atoms with E-state index in [0.717, 1.165) is 24.2 Å². The summed E-state index contributed by atoms with van der Waals surface area (Å²) in [6, 6.07) is 7.98. The highest BCUT2D eigenvalue weighted by atomic mass is 16.6. The van der Waals surface area contributed by atoms with Crippen molar-refractivity contribution >= 4 is 23.4 Å². The lowest BCUT2D eigenvalue weighted by Crippen LogP contribution is -2.44. The lowest BCUT2D eigenvalue weighted by molar-refractivity contribution is -0.114. The van der Waals surface area contributed by atoms with Crippen LogP contribution in [0.5, 0.6) is 0 Å². The molecule has 0 bridgehead atoms. The van der Waals surface area contributed by atoms with Gasteiger partial charge >= 0.3 is 6.09 Å². The molecule has 0 aliphatic carbocycles. The van der Waals surface area contributed by atoms with E-state index in [2.05, 4.69) is 10.6 Å². The lowest BCUT2D eigenvalue weighted by atomic mass is 10.0. The van der Waals surface area contributed by atoms with Gasteiger partial charge < -0.3 is 20.3 Å². The quantitative estimate of drug-likeness (QED) is 0.889. The molecule has 1 saturated heterocycles. The Balaban J connectivity index is 1.80. The molecule has 6 nitrogen and oxygen atoms in total. The van der Waals surface area contributed by atoms with E-state index < -0.39 is 5.60 Å². The molecule has 1 heterocycles. The maximum Gasteiger partial charge on any atom is 0.410 e. The fraction of sp³-hybridized carbons (Fsp3) is 0.556. The average molecular weight is 333 g/mol. The topological polar surface area (TPSA) is 70.7 Å². The molecule has 0 unspecified atom stereocenters. The highest BCUT2D eigenvalue weighted by Gasteiger charge is 2.26. The molecule has 2 amide bonds. The number of hydrogen-bond acceptors (Lipinski definition) is 4. The number of likely N-dealkylation sites (tertiary alicyclic amines) is 1. The van der Waals surface area contributed by atoms with Crippen LogP contribution in [0.1, 0.15) is 40.5 Å². The predicted octanol–water partition coefficient (Wildman–Crippen LogP) is 3.46. The Morgan fingerprint density at radius 2 is 1.62 bits per heavy atom. The summed E-state index contributed by atoms with van der Waals surface area (Å²) in [5, 5.41) is 6.23. The number of carbonyl (C=O) groups is 2. The van der Waals surface area contributed by atoms with E-state index in [-0.39, 0.29) is 12.0 Å². The Hall–Kier alpha value is -2.24. The molecule has 132 valence electrons. The normalized spacial score (nSPS) is 15.8. The van der Waals surface area contributed by atoms with E-state index >= 15 is 0 Å². The first-order chi connectivity index (χ1) is 11.2. The van der Waals surface area contributed by atoms with E-state index in [9.17, 15) is 9.59 Å². The second-order valence-electron chi connectivity index (χ2n) is 7.14. The number of piperidine rings is 1. The molecule has 0 radical (unpaired) electrons. The molecular formula is C18H27N3O3. The summed E-state index contributed by atoms with van der Waals surface area (Å²) in [6.07, 6.45) is 1.53. The zero-order chi connectivity index (χ0) is 17.7. The Morgan fingerprint density at radius 3 is 2.12 bits per heavy atom. The number of rotatable bonds is 3. The molecule has 24 heavy (non-hydrogen) atoms. The van der Waals surface area contributed by atoms with Crippen LogP contribution in [-0.4, -0.2) is 41.6 Å². The van der Waals surface area contributed by atoms with Crippen molar-refractivity contribution in [3.05, 3.63) is 24.3 Å². The van der Waals surface area contributed by atoms with Crippen molar-refractivity contribution in [2.24, 2.45) is 0 Å². The Kier molecular flexibility index (Phi) is 5.70. The smallest absolute Gasteiger partial charge is 0.410 e. The minimum Gasteiger partial charge on any atom is -0.444 e. The van der Waals surface area contributed by atoms with E-state index in [1.165, 1.54) is 6.92 Å². The molecule has 2 N–H and O–H groups in total. The maximum atomic E-state index is 12.1. The van der Waals surface area contributed by atoms with Crippen LogP contribution >= 0.6 is 0 Å². The maximum absolute atomic E-state index is 12.1. The first-order valence-electron chi connectivity index (χ1n) is 8.35. The lowest BCUT2D eigenvalue weighted by Gasteiger charge is -2.34.